The molecule has 4 aromatic carbocycles. The van der Waals surface area contributed by atoms with Crippen molar-refractivity contribution in [1.82, 2.24) is 4.57 Å². The van der Waals surface area contributed by atoms with E-state index in [1.807, 2.05) is 12.1 Å². The molecule has 0 saturated heterocycles. The standard InChI is InChI=1S/C37H26N2O/c38-23-27-20-26(24-10-2-1-3-11-24)22-31(25-18-19-36-32(21-25)30-14-6-9-17-35(30)40-36)37(27)39-33-15-7-4-12-28(33)29-13-5-8-16-34(29)39/h2,4-22,27,37H,1,3H2. The van der Waals surface area contributed by atoms with Crippen LogP contribution in [0.4, 0.5) is 0 Å². The van der Waals surface area contributed by atoms with Crippen molar-refractivity contribution in [3.05, 3.63) is 138 Å². The molecule has 2 aliphatic rings. The summed E-state index contributed by atoms with van der Waals surface area (Å²) < 4.78 is 8.55. The molecule has 3 nitrogen and oxygen atoms in total. The van der Waals surface area contributed by atoms with Gasteiger partial charge in [-0.25, -0.2) is 0 Å². The fraction of sp³-hybridized carbons (Fsp3) is 0.108. The molecule has 6 aromatic rings. The van der Waals surface area contributed by atoms with Gasteiger partial charge < -0.3 is 8.98 Å². The molecule has 0 spiro atoms. The van der Waals surface area contributed by atoms with Gasteiger partial charge in [0.25, 0.3) is 0 Å². The summed E-state index contributed by atoms with van der Waals surface area (Å²) in [5.74, 6) is -0.345. The van der Waals surface area contributed by atoms with Crippen molar-refractivity contribution in [3.63, 3.8) is 0 Å². The third kappa shape index (κ3) is 3.43. The lowest BCUT2D eigenvalue weighted by Crippen LogP contribution is -2.22. The number of fused-ring (bicyclic) bond motifs is 6. The van der Waals surface area contributed by atoms with Crippen molar-refractivity contribution >= 4 is 49.3 Å². The molecule has 2 aromatic heterocycles. The van der Waals surface area contributed by atoms with Gasteiger partial charge in [-0.3, -0.25) is 0 Å². The average molecular weight is 515 g/mol. The number of allylic oxidation sites excluding steroid dienone is 8. The van der Waals surface area contributed by atoms with Crippen LogP contribution < -0.4 is 0 Å². The third-order valence-corrected chi connectivity index (χ3v) is 8.41. The molecule has 8 rings (SSSR count). The summed E-state index contributed by atoms with van der Waals surface area (Å²) in [6.45, 7) is 0. The number of benzene rings is 4. The second-order valence-corrected chi connectivity index (χ2v) is 10.7. The molecular formula is C37H26N2O. The molecule has 0 N–H and O–H groups in total. The zero-order valence-corrected chi connectivity index (χ0v) is 21.9. The van der Waals surface area contributed by atoms with E-state index in [1.54, 1.807) is 0 Å². The van der Waals surface area contributed by atoms with Crippen LogP contribution >= 0.6 is 0 Å². The number of hydrogen-bond donors (Lipinski definition) is 0. The van der Waals surface area contributed by atoms with Crippen LogP contribution in [0.1, 0.15) is 24.4 Å². The molecule has 2 atom stereocenters. The predicted molar refractivity (Wildman–Crippen MR) is 164 cm³/mol. The van der Waals surface area contributed by atoms with Gasteiger partial charge in [0, 0.05) is 32.6 Å². The maximum Gasteiger partial charge on any atom is 0.135 e. The van der Waals surface area contributed by atoms with E-state index < -0.39 is 0 Å². The second-order valence-electron chi connectivity index (χ2n) is 10.7. The predicted octanol–water partition coefficient (Wildman–Crippen LogP) is 9.67. The highest BCUT2D eigenvalue weighted by molar-refractivity contribution is 6.09. The smallest absolute Gasteiger partial charge is 0.135 e. The molecule has 0 bridgehead atoms. The summed E-state index contributed by atoms with van der Waals surface area (Å²) >= 11 is 0. The quantitative estimate of drug-likeness (QED) is 0.236. The summed E-state index contributed by atoms with van der Waals surface area (Å²) in [5, 5.41) is 15.3. The third-order valence-electron chi connectivity index (χ3n) is 8.41. The number of nitriles is 1. The lowest BCUT2D eigenvalue weighted by Gasteiger charge is -2.31. The van der Waals surface area contributed by atoms with Crippen molar-refractivity contribution < 1.29 is 4.42 Å². The number of para-hydroxylation sites is 3. The van der Waals surface area contributed by atoms with E-state index in [2.05, 4.69) is 120 Å². The summed E-state index contributed by atoms with van der Waals surface area (Å²) in [4.78, 5) is 0. The minimum absolute atomic E-state index is 0.192. The van der Waals surface area contributed by atoms with E-state index in [0.717, 1.165) is 62.5 Å². The van der Waals surface area contributed by atoms with Gasteiger partial charge in [-0.05, 0) is 71.5 Å². The highest BCUT2D eigenvalue weighted by atomic mass is 16.3. The molecule has 2 aliphatic carbocycles. The maximum atomic E-state index is 10.7. The Labute approximate surface area is 232 Å². The molecule has 190 valence electrons. The topological polar surface area (TPSA) is 41.9 Å². The molecule has 3 heteroatoms. The van der Waals surface area contributed by atoms with Gasteiger partial charge in [0.2, 0.25) is 0 Å². The molecule has 0 amide bonds. The molecule has 0 fully saturated rings. The molecule has 40 heavy (non-hydrogen) atoms. The SMILES string of the molecule is N#CC1C=C(C2=CCCC=C2)C=C(c2ccc3oc4ccccc4c3c2)C1n1c2ccccc2c2ccccc21. The molecule has 0 saturated carbocycles. The van der Waals surface area contributed by atoms with Crippen molar-refractivity contribution in [1.29, 1.82) is 5.26 Å². The first-order valence-corrected chi connectivity index (χ1v) is 13.9. The number of furan rings is 1. The van der Waals surface area contributed by atoms with Crippen LogP contribution in [0, 0.1) is 17.2 Å². The van der Waals surface area contributed by atoms with E-state index >= 15 is 0 Å². The first-order valence-electron chi connectivity index (χ1n) is 13.9. The Morgan fingerprint density at radius 1 is 0.725 bits per heavy atom. The number of nitrogens with zero attached hydrogens (tertiary/aromatic N) is 2. The average Bonchev–Trinajstić information content (AvgIpc) is 3.56. The van der Waals surface area contributed by atoms with Crippen LogP contribution in [-0.2, 0) is 0 Å². The number of hydrogen-bond acceptors (Lipinski definition) is 2. The van der Waals surface area contributed by atoms with Gasteiger partial charge in [-0.1, -0.05) is 85.0 Å². The minimum atomic E-state index is -0.345. The van der Waals surface area contributed by atoms with Crippen LogP contribution in [0.5, 0.6) is 0 Å². The lowest BCUT2D eigenvalue weighted by atomic mass is 9.80. The first kappa shape index (κ1) is 22.9. The van der Waals surface area contributed by atoms with Crippen LogP contribution in [0.3, 0.4) is 0 Å². The Morgan fingerprint density at radius 3 is 2.15 bits per heavy atom. The van der Waals surface area contributed by atoms with Gasteiger partial charge in [0.1, 0.15) is 11.2 Å². The summed E-state index contributed by atoms with van der Waals surface area (Å²) in [6, 6.07) is 34.3. The Kier molecular flexibility index (Phi) is 5.15. The van der Waals surface area contributed by atoms with Crippen molar-refractivity contribution in [2.45, 2.75) is 18.9 Å². The van der Waals surface area contributed by atoms with Crippen molar-refractivity contribution in [3.8, 4) is 6.07 Å². The van der Waals surface area contributed by atoms with Crippen LogP contribution in [-0.4, -0.2) is 4.57 Å². The lowest BCUT2D eigenvalue weighted by molar-refractivity contribution is 0.573. The highest BCUT2D eigenvalue weighted by Gasteiger charge is 2.33. The van der Waals surface area contributed by atoms with Gasteiger partial charge in [0.05, 0.1) is 18.0 Å². The molecular weight excluding hydrogens is 488 g/mol. The number of rotatable bonds is 3. The monoisotopic (exact) mass is 514 g/mol. The van der Waals surface area contributed by atoms with Gasteiger partial charge in [-0.2, -0.15) is 5.26 Å². The minimum Gasteiger partial charge on any atom is -0.456 e. The molecule has 0 radical (unpaired) electrons. The Balaban J connectivity index is 1.42. The normalized spacial score (nSPS) is 19.1. The van der Waals surface area contributed by atoms with Crippen LogP contribution in [0.25, 0.3) is 49.3 Å². The Bertz CT molecular complexity index is 2090. The largest absolute Gasteiger partial charge is 0.456 e. The van der Waals surface area contributed by atoms with E-state index in [4.69, 9.17) is 4.42 Å². The van der Waals surface area contributed by atoms with Crippen molar-refractivity contribution in [2.75, 3.05) is 0 Å². The van der Waals surface area contributed by atoms with E-state index in [-0.39, 0.29) is 12.0 Å². The van der Waals surface area contributed by atoms with Gasteiger partial charge in [-0.15, -0.1) is 0 Å². The molecule has 2 heterocycles. The highest BCUT2D eigenvalue weighted by Crippen LogP contribution is 2.46. The summed E-state index contributed by atoms with van der Waals surface area (Å²) in [7, 11) is 0. The fourth-order valence-electron chi connectivity index (χ4n) is 6.61. The zero-order chi connectivity index (χ0) is 26.6. The molecule has 2 unspecified atom stereocenters. The zero-order valence-electron chi connectivity index (χ0n) is 21.9. The second kappa shape index (κ2) is 9.00. The maximum absolute atomic E-state index is 10.7. The van der Waals surface area contributed by atoms with Gasteiger partial charge in [0.15, 0.2) is 0 Å². The Hall–Kier alpha value is -5.07. The van der Waals surface area contributed by atoms with Crippen LogP contribution in [0.2, 0.25) is 0 Å². The summed E-state index contributed by atoms with van der Waals surface area (Å²) in [6.07, 6.45) is 13.3. The Morgan fingerprint density at radius 2 is 1.43 bits per heavy atom. The van der Waals surface area contributed by atoms with E-state index in [9.17, 15) is 5.26 Å². The van der Waals surface area contributed by atoms with Crippen molar-refractivity contribution in [2.24, 2.45) is 5.92 Å². The van der Waals surface area contributed by atoms with E-state index in [0.29, 0.717) is 0 Å². The van der Waals surface area contributed by atoms with Crippen LogP contribution in [0.15, 0.2) is 137 Å². The van der Waals surface area contributed by atoms with Gasteiger partial charge >= 0.3 is 0 Å². The molecule has 0 aliphatic heterocycles. The van der Waals surface area contributed by atoms with E-state index in [1.165, 1.54) is 16.3 Å². The summed E-state index contributed by atoms with van der Waals surface area (Å²) in [5.41, 5.74) is 8.61. The first-order chi connectivity index (χ1) is 19.8. The number of aromatic nitrogens is 1. The fourth-order valence-corrected chi connectivity index (χ4v) is 6.61.